The summed E-state index contributed by atoms with van der Waals surface area (Å²) in [5.74, 6) is 0.0146. The van der Waals surface area contributed by atoms with Crippen molar-refractivity contribution in [1.29, 1.82) is 0 Å². The van der Waals surface area contributed by atoms with Gasteiger partial charge in [-0.05, 0) is 30.7 Å². The number of nitro groups is 1. The number of hydrogen-bond acceptors (Lipinski definition) is 6. The molecule has 0 unspecified atom stereocenters. The monoisotopic (exact) mass is 354 g/mol. The van der Waals surface area contributed by atoms with E-state index in [0.717, 1.165) is 17.8 Å². The van der Waals surface area contributed by atoms with Crippen LogP contribution in [0.15, 0.2) is 49.2 Å². The van der Waals surface area contributed by atoms with Gasteiger partial charge in [0.05, 0.1) is 22.8 Å². The molecule has 7 nitrogen and oxygen atoms in total. The van der Waals surface area contributed by atoms with Crippen LogP contribution < -0.4 is 4.74 Å². The fourth-order valence-corrected chi connectivity index (χ4v) is 2.11. The molecule has 26 heavy (non-hydrogen) atoms. The summed E-state index contributed by atoms with van der Waals surface area (Å²) in [6.07, 6.45) is 6.08. The Morgan fingerprint density at radius 2 is 2.15 bits per heavy atom. The predicted octanol–water partition coefficient (Wildman–Crippen LogP) is 3.90. The van der Waals surface area contributed by atoms with E-state index in [0.29, 0.717) is 12.4 Å². The lowest BCUT2D eigenvalue weighted by Crippen LogP contribution is -2.08. The molecule has 1 aromatic carbocycles. The highest BCUT2D eigenvalue weighted by Gasteiger charge is 2.17. The number of rotatable bonds is 8. The second-order valence-corrected chi connectivity index (χ2v) is 5.11. The van der Waals surface area contributed by atoms with E-state index in [2.05, 4.69) is 11.6 Å². The number of aromatic nitrogens is 1. The minimum absolute atomic E-state index is 0.0383. The lowest BCUT2D eigenvalue weighted by molar-refractivity contribution is -0.385. The van der Waals surface area contributed by atoms with Gasteiger partial charge < -0.3 is 9.47 Å². The van der Waals surface area contributed by atoms with Crippen molar-refractivity contribution in [2.75, 3.05) is 13.2 Å². The van der Waals surface area contributed by atoms with E-state index in [9.17, 15) is 14.9 Å². The Morgan fingerprint density at radius 1 is 1.35 bits per heavy atom. The van der Waals surface area contributed by atoms with Crippen LogP contribution in [0.2, 0.25) is 0 Å². The molecule has 0 saturated heterocycles. The van der Waals surface area contributed by atoms with Crippen molar-refractivity contribution in [2.24, 2.45) is 0 Å². The number of carbonyl (C=O) groups excluding carboxylic acids is 1. The predicted molar refractivity (Wildman–Crippen MR) is 97.9 cm³/mol. The third kappa shape index (κ3) is 5.01. The van der Waals surface area contributed by atoms with Crippen molar-refractivity contribution >= 4 is 23.8 Å². The first kappa shape index (κ1) is 18.9. The number of ether oxygens (including phenoxy) is 2. The molecular formula is C19H18N2O5. The summed E-state index contributed by atoms with van der Waals surface area (Å²) in [6.45, 7) is 5.81. The van der Waals surface area contributed by atoms with Crippen LogP contribution in [-0.4, -0.2) is 29.1 Å². The summed E-state index contributed by atoms with van der Waals surface area (Å²) in [7, 11) is 0. The number of esters is 1. The lowest BCUT2D eigenvalue weighted by atomic mass is 10.1. The van der Waals surface area contributed by atoms with Crippen LogP contribution in [0, 0.1) is 10.1 Å². The Balaban J connectivity index is 2.32. The van der Waals surface area contributed by atoms with Gasteiger partial charge in [0.2, 0.25) is 0 Å². The Bertz CT molecular complexity index is 846. The first-order valence-electron chi connectivity index (χ1n) is 7.88. The molecule has 0 radical (unpaired) electrons. The van der Waals surface area contributed by atoms with Gasteiger partial charge in [-0.1, -0.05) is 30.9 Å². The fraction of sp³-hybridized carbons (Fsp3) is 0.158. The molecule has 1 heterocycles. The second kappa shape index (κ2) is 9.12. The highest BCUT2D eigenvalue weighted by Crippen LogP contribution is 2.20. The molecular weight excluding hydrogens is 336 g/mol. The Kier molecular flexibility index (Phi) is 6.61. The smallest absolute Gasteiger partial charge is 0.340 e. The number of nitrogens with zero attached hydrogens (tertiary/aromatic N) is 2. The molecule has 0 atom stereocenters. The molecule has 7 heteroatoms. The zero-order valence-electron chi connectivity index (χ0n) is 14.3. The van der Waals surface area contributed by atoms with Crippen LogP contribution in [0.1, 0.15) is 28.5 Å². The van der Waals surface area contributed by atoms with Crippen molar-refractivity contribution in [3.8, 4) is 5.75 Å². The van der Waals surface area contributed by atoms with E-state index in [1.807, 2.05) is 24.3 Å². The largest absolute Gasteiger partial charge is 0.490 e. The van der Waals surface area contributed by atoms with Crippen LogP contribution in [0.5, 0.6) is 5.75 Å². The second-order valence-electron chi connectivity index (χ2n) is 5.11. The molecule has 134 valence electrons. The van der Waals surface area contributed by atoms with Crippen LogP contribution in [-0.2, 0) is 4.74 Å². The first-order chi connectivity index (χ1) is 12.5. The van der Waals surface area contributed by atoms with Crippen molar-refractivity contribution in [3.63, 3.8) is 0 Å². The highest BCUT2D eigenvalue weighted by atomic mass is 16.6. The van der Waals surface area contributed by atoms with E-state index in [-0.39, 0.29) is 23.6 Å². The quantitative estimate of drug-likeness (QED) is 0.309. The van der Waals surface area contributed by atoms with Gasteiger partial charge in [-0.3, -0.25) is 10.1 Å². The van der Waals surface area contributed by atoms with E-state index < -0.39 is 10.9 Å². The molecule has 0 spiro atoms. The normalized spacial score (nSPS) is 10.5. The van der Waals surface area contributed by atoms with Crippen molar-refractivity contribution in [2.45, 2.75) is 6.92 Å². The molecule has 2 rings (SSSR count). The highest BCUT2D eigenvalue weighted by molar-refractivity contribution is 5.94. The molecule has 0 N–H and O–H groups in total. The van der Waals surface area contributed by atoms with Crippen molar-refractivity contribution in [3.05, 3.63) is 76.1 Å². The fourth-order valence-electron chi connectivity index (χ4n) is 2.11. The molecule has 1 aromatic heterocycles. The third-order valence-corrected chi connectivity index (χ3v) is 3.27. The van der Waals surface area contributed by atoms with Crippen LogP contribution in [0.4, 0.5) is 5.69 Å². The summed E-state index contributed by atoms with van der Waals surface area (Å²) in [5, 5.41) is 10.9. The maximum atomic E-state index is 12.1. The number of pyridine rings is 1. The zero-order valence-corrected chi connectivity index (χ0v) is 14.3. The maximum Gasteiger partial charge on any atom is 0.340 e. The Labute approximate surface area is 150 Å². The van der Waals surface area contributed by atoms with Crippen LogP contribution >= 0.6 is 0 Å². The number of hydrogen-bond donors (Lipinski definition) is 0. The number of carbonyl (C=O) groups is 1. The molecule has 2 aromatic rings. The third-order valence-electron chi connectivity index (χ3n) is 3.27. The molecule has 0 aliphatic heterocycles. The summed E-state index contributed by atoms with van der Waals surface area (Å²) < 4.78 is 10.4. The summed E-state index contributed by atoms with van der Waals surface area (Å²) in [5.41, 5.74) is 0.870. The SMILES string of the molecule is C=CCOc1cccc(/C=C/c2ncc([N+](=O)[O-])cc2C(=O)OCC)c1. The molecule has 0 bridgehead atoms. The van der Waals surface area contributed by atoms with Crippen molar-refractivity contribution < 1.29 is 19.2 Å². The van der Waals surface area contributed by atoms with E-state index in [1.165, 1.54) is 0 Å². The van der Waals surface area contributed by atoms with Gasteiger partial charge in [-0.15, -0.1) is 0 Å². The lowest BCUT2D eigenvalue weighted by Gasteiger charge is -2.05. The summed E-state index contributed by atoms with van der Waals surface area (Å²) in [6, 6.07) is 8.47. The molecule has 0 fully saturated rings. The van der Waals surface area contributed by atoms with Gasteiger partial charge in [0.1, 0.15) is 18.6 Å². The molecule has 0 aliphatic rings. The minimum Gasteiger partial charge on any atom is -0.490 e. The van der Waals surface area contributed by atoms with Gasteiger partial charge in [0.25, 0.3) is 5.69 Å². The van der Waals surface area contributed by atoms with E-state index >= 15 is 0 Å². The Hall–Kier alpha value is -3.48. The van der Waals surface area contributed by atoms with Gasteiger partial charge in [-0.2, -0.15) is 0 Å². The van der Waals surface area contributed by atoms with Gasteiger partial charge in [-0.25, -0.2) is 9.78 Å². The average Bonchev–Trinajstić information content (AvgIpc) is 2.65. The first-order valence-corrected chi connectivity index (χ1v) is 7.88. The van der Waals surface area contributed by atoms with Gasteiger partial charge in [0.15, 0.2) is 0 Å². The molecule has 0 amide bonds. The van der Waals surface area contributed by atoms with Crippen LogP contribution in [0.3, 0.4) is 0 Å². The van der Waals surface area contributed by atoms with E-state index in [1.54, 1.807) is 25.2 Å². The summed E-state index contributed by atoms with van der Waals surface area (Å²) >= 11 is 0. The maximum absolute atomic E-state index is 12.1. The van der Waals surface area contributed by atoms with E-state index in [4.69, 9.17) is 9.47 Å². The minimum atomic E-state index is -0.661. The molecule has 0 aliphatic carbocycles. The van der Waals surface area contributed by atoms with Gasteiger partial charge >= 0.3 is 5.97 Å². The topological polar surface area (TPSA) is 91.6 Å². The standard InChI is InChI=1S/C19H18N2O5/c1-3-10-26-16-7-5-6-14(11-16)8-9-18-17(19(22)25-4-2)12-15(13-20-18)21(23)24/h3,5-9,11-13H,1,4,10H2,2H3/b9-8+. The zero-order chi connectivity index (χ0) is 18.9. The van der Waals surface area contributed by atoms with Gasteiger partial charge in [0, 0.05) is 6.07 Å². The van der Waals surface area contributed by atoms with Crippen LogP contribution in [0.25, 0.3) is 12.2 Å². The number of benzene rings is 1. The Morgan fingerprint density at radius 3 is 2.85 bits per heavy atom. The summed E-state index contributed by atoms with van der Waals surface area (Å²) in [4.78, 5) is 26.4. The van der Waals surface area contributed by atoms with Crippen molar-refractivity contribution in [1.82, 2.24) is 4.98 Å². The average molecular weight is 354 g/mol. The molecule has 0 saturated carbocycles.